The minimum atomic E-state index is 0.516. The number of rotatable bonds is 2. The lowest BCUT2D eigenvalue weighted by Gasteiger charge is -2.29. The van der Waals surface area contributed by atoms with E-state index in [0.717, 1.165) is 26.2 Å². The summed E-state index contributed by atoms with van der Waals surface area (Å²) < 4.78 is 0. The molecular weight excluding hydrogens is 176 g/mol. The van der Waals surface area contributed by atoms with Crippen molar-refractivity contribution in [2.75, 3.05) is 31.1 Å². The van der Waals surface area contributed by atoms with Gasteiger partial charge in [0.25, 0.3) is 0 Å². The van der Waals surface area contributed by atoms with E-state index in [1.165, 1.54) is 11.4 Å². The van der Waals surface area contributed by atoms with Crippen molar-refractivity contribution in [2.45, 2.75) is 19.8 Å². The van der Waals surface area contributed by atoms with Crippen LogP contribution < -0.4 is 10.2 Å². The van der Waals surface area contributed by atoms with E-state index in [2.05, 4.69) is 34.3 Å². The summed E-state index contributed by atoms with van der Waals surface area (Å²) >= 11 is 0. The van der Waals surface area contributed by atoms with Crippen molar-refractivity contribution in [1.82, 2.24) is 15.5 Å². The summed E-state index contributed by atoms with van der Waals surface area (Å²) in [7, 11) is 0. The fourth-order valence-electron chi connectivity index (χ4n) is 1.87. The van der Waals surface area contributed by atoms with Gasteiger partial charge in [0.05, 0.1) is 17.6 Å². The normalized spacial score (nSPS) is 17.8. The molecule has 2 N–H and O–H groups in total. The zero-order valence-electron chi connectivity index (χ0n) is 8.88. The molecule has 0 radical (unpaired) electrons. The van der Waals surface area contributed by atoms with Gasteiger partial charge in [-0.15, -0.1) is 0 Å². The van der Waals surface area contributed by atoms with Crippen molar-refractivity contribution in [3.8, 4) is 0 Å². The summed E-state index contributed by atoms with van der Waals surface area (Å²) in [5.74, 6) is 0.516. The van der Waals surface area contributed by atoms with Crippen LogP contribution in [0.3, 0.4) is 0 Å². The van der Waals surface area contributed by atoms with Gasteiger partial charge in [0.1, 0.15) is 0 Å². The fraction of sp³-hybridized carbons (Fsp3) is 0.700. The number of nitrogens with zero attached hydrogens (tertiary/aromatic N) is 2. The first-order valence-electron chi connectivity index (χ1n) is 5.28. The van der Waals surface area contributed by atoms with E-state index in [4.69, 9.17) is 0 Å². The van der Waals surface area contributed by atoms with Crippen LogP contribution in [0.4, 0.5) is 5.69 Å². The number of aromatic nitrogens is 2. The predicted molar refractivity (Wildman–Crippen MR) is 57.8 cm³/mol. The second-order valence-electron chi connectivity index (χ2n) is 4.06. The number of anilines is 1. The van der Waals surface area contributed by atoms with Crippen LogP contribution in [0.1, 0.15) is 25.5 Å². The first-order valence-corrected chi connectivity index (χ1v) is 5.28. The third-order valence-electron chi connectivity index (χ3n) is 2.68. The van der Waals surface area contributed by atoms with E-state index < -0.39 is 0 Å². The van der Waals surface area contributed by atoms with Crippen molar-refractivity contribution in [3.05, 3.63) is 11.9 Å². The maximum atomic E-state index is 4.13. The zero-order chi connectivity index (χ0) is 9.97. The number of H-pyrrole nitrogens is 1. The largest absolute Gasteiger partial charge is 0.366 e. The molecule has 0 aromatic carbocycles. The minimum Gasteiger partial charge on any atom is -0.366 e. The van der Waals surface area contributed by atoms with E-state index in [-0.39, 0.29) is 0 Å². The van der Waals surface area contributed by atoms with E-state index in [1.54, 1.807) is 0 Å². The molecule has 1 saturated heterocycles. The number of piperazine rings is 1. The molecule has 14 heavy (non-hydrogen) atoms. The summed E-state index contributed by atoms with van der Waals surface area (Å²) in [6.45, 7) is 8.70. The van der Waals surface area contributed by atoms with Gasteiger partial charge in [-0.2, -0.15) is 5.10 Å². The molecule has 78 valence electrons. The molecule has 1 fully saturated rings. The highest BCUT2D eigenvalue weighted by molar-refractivity contribution is 5.50. The molecule has 1 aliphatic rings. The second-order valence-corrected chi connectivity index (χ2v) is 4.06. The van der Waals surface area contributed by atoms with Gasteiger partial charge in [-0.3, -0.25) is 5.10 Å². The van der Waals surface area contributed by atoms with Gasteiger partial charge in [0.2, 0.25) is 0 Å². The first kappa shape index (κ1) is 9.52. The Morgan fingerprint density at radius 3 is 2.71 bits per heavy atom. The van der Waals surface area contributed by atoms with Gasteiger partial charge in [-0.25, -0.2) is 0 Å². The monoisotopic (exact) mass is 194 g/mol. The summed E-state index contributed by atoms with van der Waals surface area (Å²) in [6.07, 6.45) is 1.95. The third kappa shape index (κ3) is 1.75. The van der Waals surface area contributed by atoms with Crippen LogP contribution in [-0.4, -0.2) is 36.4 Å². The maximum absolute atomic E-state index is 4.13. The van der Waals surface area contributed by atoms with Crippen molar-refractivity contribution >= 4 is 5.69 Å². The van der Waals surface area contributed by atoms with Crippen LogP contribution >= 0.6 is 0 Å². The molecule has 2 rings (SSSR count). The molecular formula is C10H18N4. The minimum absolute atomic E-state index is 0.516. The van der Waals surface area contributed by atoms with E-state index in [0.29, 0.717) is 5.92 Å². The highest BCUT2D eigenvalue weighted by atomic mass is 15.2. The topological polar surface area (TPSA) is 44.0 Å². The van der Waals surface area contributed by atoms with Crippen molar-refractivity contribution in [3.63, 3.8) is 0 Å². The Balaban J connectivity index is 2.17. The molecule has 0 bridgehead atoms. The molecule has 4 nitrogen and oxygen atoms in total. The van der Waals surface area contributed by atoms with E-state index in [1.807, 2.05) is 6.20 Å². The van der Waals surface area contributed by atoms with Crippen LogP contribution in [-0.2, 0) is 0 Å². The summed E-state index contributed by atoms with van der Waals surface area (Å²) in [6, 6.07) is 0. The van der Waals surface area contributed by atoms with E-state index >= 15 is 0 Å². The predicted octanol–water partition coefficient (Wildman–Crippen LogP) is 0.943. The zero-order valence-corrected chi connectivity index (χ0v) is 8.88. The average molecular weight is 194 g/mol. The molecule has 0 saturated carbocycles. The summed E-state index contributed by atoms with van der Waals surface area (Å²) in [5.41, 5.74) is 2.54. The number of aromatic amines is 1. The summed E-state index contributed by atoms with van der Waals surface area (Å²) in [5, 5.41) is 10.6. The SMILES string of the molecule is CC(C)c1[nH]ncc1N1CCNCC1. The lowest BCUT2D eigenvalue weighted by atomic mass is 10.1. The van der Waals surface area contributed by atoms with Crippen LogP contribution in [0, 0.1) is 0 Å². The molecule has 0 unspecified atom stereocenters. The molecule has 1 aromatic heterocycles. The Morgan fingerprint density at radius 1 is 1.36 bits per heavy atom. The molecule has 2 heterocycles. The lowest BCUT2D eigenvalue weighted by molar-refractivity contribution is 0.586. The van der Waals surface area contributed by atoms with Crippen LogP contribution in [0.15, 0.2) is 6.20 Å². The molecule has 0 spiro atoms. The number of hydrogen-bond donors (Lipinski definition) is 2. The van der Waals surface area contributed by atoms with E-state index in [9.17, 15) is 0 Å². The number of nitrogens with one attached hydrogen (secondary N) is 2. The van der Waals surface area contributed by atoms with Gasteiger partial charge < -0.3 is 10.2 Å². The maximum Gasteiger partial charge on any atom is 0.0786 e. The Labute approximate surface area is 84.7 Å². The highest BCUT2D eigenvalue weighted by Crippen LogP contribution is 2.24. The van der Waals surface area contributed by atoms with Gasteiger partial charge >= 0.3 is 0 Å². The molecule has 0 aliphatic carbocycles. The van der Waals surface area contributed by atoms with Gasteiger partial charge in [0, 0.05) is 26.2 Å². The fourth-order valence-corrected chi connectivity index (χ4v) is 1.87. The Kier molecular flexibility index (Phi) is 2.72. The van der Waals surface area contributed by atoms with Crippen molar-refractivity contribution in [1.29, 1.82) is 0 Å². The molecule has 0 amide bonds. The quantitative estimate of drug-likeness (QED) is 0.736. The Bertz CT molecular complexity index is 286. The molecule has 1 aliphatic heterocycles. The Hall–Kier alpha value is -1.03. The number of hydrogen-bond acceptors (Lipinski definition) is 3. The summed E-state index contributed by atoms with van der Waals surface area (Å²) in [4.78, 5) is 2.40. The van der Waals surface area contributed by atoms with Gasteiger partial charge in [-0.1, -0.05) is 13.8 Å². The first-order chi connectivity index (χ1) is 6.79. The molecule has 4 heteroatoms. The highest BCUT2D eigenvalue weighted by Gasteiger charge is 2.17. The molecule has 0 atom stereocenters. The lowest BCUT2D eigenvalue weighted by Crippen LogP contribution is -2.43. The third-order valence-corrected chi connectivity index (χ3v) is 2.68. The standard InChI is InChI=1S/C10H18N4/c1-8(2)10-9(7-12-13-10)14-5-3-11-4-6-14/h7-8,11H,3-6H2,1-2H3,(H,12,13). The smallest absolute Gasteiger partial charge is 0.0786 e. The van der Waals surface area contributed by atoms with Crippen LogP contribution in [0.5, 0.6) is 0 Å². The van der Waals surface area contributed by atoms with Crippen molar-refractivity contribution in [2.24, 2.45) is 0 Å². The second kappa shape index (κ2) is 4.00. The van der Waals surface area contributed by atoms with Crippen LogP contribution in [0.25, 0.3) is 0 Å². The van der Waals surface area contributed by atoms with Gasteiger partial charge in [-0.05, 0) is 5.92 Å². The van der Waals surface area contributed by atoms with Crippen LogP contribution in [0.2, 0.25) is 0 Å². The average Bonchev–Trinajstić information content (AvgIpc) is 2.67. The molecule has 1 aromatic rings. The van der Waals surface area contributed by atoms with Gasteiger partial charge in [0.15, 0.2) is 0 Å². The Morgan fingerprint density at radius 2 is 2.07 bits per heavy atom. The van der Waals surface area contributed by atoms with Crippen molar-refractivity contribution < 1.29 is 0 Å².